The summed E-state index contributed by atoms with van der Waals surface area (Å²) in [5, 5.41) is 3.50. The topological polar surface area (TPSA) is 12.0 Å². The summed E-state index contributed by atoms with van der Waals surface area (Å²) in [6.45, 7) is 10.9. The van der Waals surface area contributed by atoms with Crippen molar-refractivity contribution in [2.75, 3.05) is 7.05 Å². The summed E-state index contributed by atoms with van der Waals surface area (Å²) in [7, 11) is 2.05. The van der Waals surface area contributed by atoms with Crippen molar-refractivity contribution in [3.63, 3.8) is 0 Å². The van der Waals surface area contributed by atoms with Gasteiger partial charge in [0, 0.05) is 0 Å². The van der Waals surface area contributed by atoms with Gasteiger partial charge in [0.25, 0.3) is 0 Å². The molecular weight excluding hydrogens is 242 g/mol. The molecule has 1 heteroatoms. The molecule has 2 aromatic rings. The molecule has 0 saturated heterocycles. The zero-order chi connectivity index (χ0) is 14.9. The first-order valence-electron chi connectivity index (χ1n) is 7.26. The predicted molar refractivity (Wildman–Crippen MR) is 87.5 cm³/mol. The molecule has 0 saturated carbocycles. The first-order valence-corrected chi connectivity index (χ1v) is 7.26. The second kappa shape index (κ2) is 5.80. The highest BCUT2D eigenvalue weighted by Gasteiger charge is 2.18. The quantitative estimate of drug-likeness (QED) is 0.861. The molecule has 1 atom stereocenters. The minimum atomic E-state index is 0.260. The van der Waals surface area contributed by atoms with Crippen LogP contribution in [0, 0.1) is 34.6 Å². The van der Waals surface area contributed by atoms with Gasteiger partial charge in [-0.15, -0.1) is 0 Å². The Hall–Kier alpha value is -1.60. The summed E-state index contributed by atoms with van der Waals surface area (Å²) in [5.41, 5.74) is 9.50. The third kappa shape index (κ3) is 2.78. The maximum absolute atomic E-state index is 3.50. The van der Waals surface area contributed by atoms with Crippen LogP contribution in [0.5, 0.6) is 0 Å². The van der Waals surface area contributed by atoms with Gasteiger partial charge in [0.05, 0.1) is 6.04 Å². The number of hydrogen-bond donors (Lipinski definition) is 1. The normalized spacial score (nSPS) is 12.5. The zero-order valence-corrected chi connectivity index (χ0v) is 13.5. The SMILES string of the molecule is CNC(c1cc(C)ccc1C)c1c(C)cc(C)cc1C. The fourth-order valence-corrected chi connectivity index (χ4v) is 3.17. The van der Waals surface area contributed by atoms with Gasteiger partial charge >= 0.3 is 0 Å². The van der Waals surface area contributed by atoms with Crippen LogP contribution in [-0.4, -0.2) is 7.05 Å². The largest absolute Gasteiger partial charge is 0.309 e. The van der Waals surface area contributed by atoms with E-state index in [4.69, 9.17) is 0 Å². The fourth-order valence-electron chi connectivity index (χ4n) is 3.17. The van der Waals surface area contributed by atoms with Crippen molar-refractivity contribution in [2.24, 2.45) is 0 Å². The summed E-state index contributed by atoms with van der Waals surface area (Å²) in [6, 6.07) is 11.5. The molecule has 106 valence electrons. The van der Waals surface area contributed by atoms with Crippen LogP contribution in [0.4, 0.5) is 0 Å². The lowest BCUT2D eigenvalue weighted by Gasteiger charge is -2.24. The summed E-state index contributed by atoms with van der Waals surface area (Å²) < 4.78 is 0. The Balaban J connectivity index is 2.61. The first kappa shape index (κ1) is 14.8. The molecule has 2 rings (SSSR count). The van der Waals surface area contributed by atoms with E-state index in [1.54, 1.807) is 0 Å². The van der Waals surface area contributed by atoms with E-state index >= 15 is 0 Å². The number of benzene rings is 2. The number of nitrogens with one attached hydrogen (secondary N) is 1. The smallest absolute Gasteiger partial charge is 0.0582 e. The third-order valence-electron chi connectivity index (χ3n) is 4.06. The van der Waals surface area contributed by atoms with E-state index in [2.05, 4.69) is 70.3 Å². The molecule has 0 spiro atoms. The Morgan fingerprint density at radius 1 is 0.750 bits per heavy atom. The van der Waals surface area contributed by atoms with E-state index in [1.165, 1.54) is 38.9 Å². The Kier molecular flexibility index (Phi) is 4.29. The van der Waals surface area contributed by atoms with Crippen LogP contribution in [0.25, 0.3) is 0 Å². The van der Waals surface area contributed by atoms with E-state index in [0.29, 0.717) is 0 Å². The van der Waals surface area contributed by atoms with Gasteiger partial charge in [-0.1, -0.05) is 41.5 Å². The Bertz CT molecular complexity index is 603. The Morgan fingerprint density at radius 2 is 1.35 bits per heavy atom. The average molecular weight is 267 g/mol. The summed E-state index contributed by atoms with van der Waals surface area (Å²) in [4.78, 5) is 0. The molecular formula is C19H25N. The molecule has 0 aliphatic rings. The van der Waals surface area contributed by atoms with Gasteiger partial charge in [-0.3, -0.25) is 0 Å². The van der Waals surface area contributed by atoms with Crippen LogP contribution in [0.15, 0.2) is 30.3 Å². The van der Waals surface area contributed by atoms with E-state index in [9.17, 15) is 0 Å². The molecule has 0 aromatic heterocycles. The van der Waals surface area contributed by atoms with Crippen LogP contribution >= 0.6 is 0 Å². The fraction of sp³-hybridized carbons (Fsp3) is 0.368. The summed E-state index contributed by atoms with van der Waals surface area (Å²) in [6.07, 6.45) is 0. The van der Waals surface area contributed by atoms with E-state index in [-0.39, 0.29) is 6.04 Å². The minimum absolute atomic E-state index is 0.260. The van der Waals surface area contributed by atoms with Gasteiger partial charge in [-0.2, -0.15) is 0 Å². The number of aryl methyl sites for hydroxylation is 5. The lowest BCUT2D eigenvalue weighted by atomic mass is 9.87. The van der Waals surface area contributed by atoms with Crippen molar-refractivity contribution in [2.45, 2.75) is 40.7 Å². The van der Waals surface area contributed by atoms with Crippen LogP contribution in [0.1, 0.15) is 45.0 Å². The summed E-state index contributed by atoms with van der Waals surface area (Å²) >= 11 is 0. The van der Waals surface area contributed by atoms with Gasteiger partial charge in [0.1, 0.15) is 0 Å². The summed E-state index contributed by atoms with van der Waals surface area (Å²) in [5.74, 6) is 0. The van der Waals surface area contributed by atoms with Crippen molar-refractivity contribution in [1.29, 1.82) is 0 Å². The van der Waals surface area contributed by atoms with Crippen molar-refractivity contribution in [3.05, 3.63) is 69.3 Å². The highest BCUT2D eigenvalue weighted by Crippen LogP contribution is 2.30. The van der Waals surface area contributed by atoms with Crippen molar-refractivity contribution in [3.8, 4) is 0 Å². The Labute approximate surface area is 123 Å². The molecule has 0 radical (unpaired) electrons. The van der Waals surface area contributed by atoms with Crippen molar-refractivity contribution in [1.82, 2.24) is 5.32 Å². The maximum Gasteiger partial charge on any atom is 0.0582 e. The van der Waals surface area contributed by atoms with Gasteiger partial charge in [0.15, 0.2) is 0 Å². The molecule has 1 unspecified atom stereocenters. The molecule has 0 amide bonds. The van der Waals surface area contributed by atoms with Gasteiger partial charge in [-0.05, 0) is 69.5 Å². The maximum atomic E-state index is 3.50. The second-order valence-corrected chi connectivity index (χ2v) is 5.89. The van der Waals surface area contributed by atoms with Crippen LogP contribution in [0.3, 0.4) is 0 Å². The van der Waals surface area contributed by atoms with Crippen LogP contribution < -0.4 is 5.32 Å². The van der Waals surface area contributed by atoms with Crippen molar-refractivity contribution < 1.29 is 0 Å². The predicted octanol–water partition coefficient (Wildman–Crippen LogP) is 4.54. The molecule has 1 N–H and O–H groups in total. The number of rotatable bonds is 3. The van der Waals surface area contributed by atoms with Crippen molar-refractivity contribution >= 4 is 0 Å². The molecule has 0 fully saturated rings. The molecule has 0 aliphatic carbocycles. The molecule has 1 nitrogen and oxygen atoms in total. The lowest BCUT2D eigenvalue weighted by Crippen LogP contribution is -2.21. The average Bonchev–Trinajstić information content (AvgIpc) is 2.37. The molecule has 0 heterocycles. The third-order valence-corrected chi connectivity index (χ3v) is 4.06. The van der Waals surface area contributed by atoms with Gasteiger partial charge in [-0.25, -0.2) is 0 Å². The molecule has 0 aliphatic heterocycles. The van der Waals surface area contributed by atoms with E-state index in [0.717, 1.165) is 0 Å². The van der Waals surface area contributed by atoms with Crippen LogP contribution in [-0.2, 0) is 0 Å². The van der Waals surface area contributed by atoms with Crippen LogP contribution in [0.2, 0.25) is 0 Å². The highest BCUT2D eigenvalue weighted by molar-refractivity contribution is 5.46. The highest BCUT2D eigenvalue weighted by atomic mass is 14.9. The van der Waals surface area contributed by atoms with Gasteiger partial charge in [0.2, 0.25) is 0 Å². The second-order valence-electron chi connectivity index (χ2n) is 5.89. The standard InChI is InChI=1S/C19H25N/c1-12-7-8-14(3)17(11-12)19(20-6)18-15(4)9-13(2)10-16(18)5/h7-11,19-20H,1-6H3. The molecule has 2 aromatic carbocycles. The monoisotopic (exact) mass is 267 g/mol. The Morgan fingerprint density at radius 3 is 1.90 bits per heavy atom. The zero-order valence-electron chi connectivity index (χ0n) is 13.5. The number of hydrogen-bond acceptors (Lipinski definition) is 1. The minimum Gasteiger partial charge on any atom is -0.309 e. The molecule has 0 bridgehead atoms. The lowest BCUT2D eigenvalue weighted by molar-refractivity contribution is 0.678. The van der Waals surface area contributed by atoms with Gasteiger partial charge < -0.3 is 5.32 Å². The first-order chi connectivity index (χ1) is 9.43. The van der Waals surface area contributed by atoms with E-state index in [1.807, 2.05) is 7.05 Å². The van der Waals surface area contributed by atoms with E-state index < -0.39 is 0 Å². The molecule has 20 heavy (non-hydrogen) atoms.